The molecule has 4 nitrogen and oxygen atoms in total. The topological polar surface area (TPSA) is 39.4 Å². The van der Waals surface area contributed by atoms with E-state index in [0.717, 1.165) is 49.6 Å². The van der Waals surface area contributed by atoms with E-state index in [2.05, 4.69) is 57.9 Å². The van der Waals surface area contributed by atoms with Crippen LogP contribution in [0.5, 0.6) is 11.5 Å². The van der Waals surface area contributed by atoms with Gasteiger partial charge in [0, 0.05) is 23.2 Å². The molecule has 4 aromatic carbocycles. The van der Waals surface area contributed by atoms with Crippen molar-refractivity contribution in [2.45, 2.75) is 0 Å². The van der Waals surface area contributed by atoms with Crippen LogP contribution in [0.1, 0.15) is 0 Å². The Hall–Kier alpha value is -4.04. The first-order chi connectivity index (χ1) is 16.8. The van der Waals surface area contributed by atoms with Crippen LogP contribution in [0, 0.1) is 12.1 Å². The molecule has 0 aliphatic heterocycles. The number of ether oxygens (including phenoxy) is 1. The summed E-state index contributed by atoms with van der Waals surface area (Å²) in [6.45, 7) is 0. The first kappa shape index (κ1) is 21.5. The minimum Gasteiger partial charge on any atom is -0.497 e. The molecule has 0 aliphatic carbocycles. The fraction of sp³-hybridized carbons (Fsp3) is 0. The molecule has 0 saturated heterocycles. The Morgan fingerprint density at radius 1 is 0.657 bits per heavy atom. The van der Waals surface area contributed by atoms with Gasteiger partial charge in [-0.05, 0) is 35.3 Å². The molecule has 0 unspecified atom stereocenters. The van der Waals surface area contributed by atoms with Gasteiger partial charge in [0.2, 0.25) is 0 Å². The van der Waals surface area contributed by atoms with Crippen LogP contribution in [0.4, 0.5) is 0 Å². The van der Waals surface area contributed by atoms with E-state index in [1.807, 2.05) is 60.7 Å². The summed E-state index contributed by atoms with van der Waals surface area (Å²) in [4.78, 5) is 9.37. The minimum absolute atomic E-state index is 0. The number of rotatable bonds is 3. The Kier molecular flexibility index (Phi) is 5.30. The van der Waals surface area contributed by atoms with Gasteiger partial charge in [-0.2, -0.15) is 0 Å². The quantitative estimate of drug-likeness (QED) is 0.134. The predicted molar refractivity (Wildman–Crippen MR) is 135 cm³/mol. The maximum atomic E-state index is 6.21. The van der Waals surface area contributed by atoms with Crippen LogP contribution in [0.25, 0.3) is 49.6 Å². The van der Waals surface area contributed by atoms with E-state index >= 15 is 0 Å². The second-order valence-electron chi connectivity index (χ2n) is 8.13. The molecular formula is C30H17N3OPd. The zero-order chi connectivity index (χ0) is 22.5. The summed E-state index contributed by atoms with van der Waals surface area (Å²) >= 11 is 0. The van der Waals surface area contributed by atoms with Crippen molar-refractivity contribution in [2.24, 2.45) is 0 Å². The van der Waals surface area contributed by atoms with Crippen molar-refractivity contribution in [2.75, 3.05) is 0 Å². The molecule has 0 N–H and O–H groups in total. The normalized spacial score (nSPS) is 11.2. The van der Waals surface area contributed by atoms with Gasteiger partial charge in [-0.15, -0.1) is 29.8 Å². The number of hydrogen-bond acceptors (Lipinski definition) is 3. The van der Waals surface area contributed by atoms with Gasteiger partial charge in [0.15, 0.2) is 0 Å². The fourth-order valence-corrected chi connectivity index (χ4v) is 4.57. The molecule has 0 aliphatic rings. The largest absolute Gasteiger partial charge is 2.00 e. The number of hydrogen-bond donors (Lipinski definition) is 0. The van der Waals surface area contributed by atoms with Gasteiger partial charge < -0.3 is 14.1 Å². The Morgan fingerprint density at radius 3 is 2.34 bits per heavy atom. The summed E-state index contributed by atoms with van der Waals surface area (Å²) in [5.74, 6) is 1.23. The predicted octanol–water partition coefficient (Wildman–Crippen LogP) is 7.25. The van der Waals surface area contributed by atoms with Gasteiger partial charge in [0.25, 0.3) is 0 Å². The van der Waals surface area contributed by atoms with Crippen molar-refractivity contribution >= 4 is 38.4 Å². The molecular weight excluding hydrogens is 525 g/mol. The molecule has 35 heavy (non-hydrogen) atoms. The van der Waals surface area contributed by atoms with Crippen molar-refractivity contribution in [3.05, 3.63) is 115 Å². The van der Waals surface area contributed by atoms with Crippen LogP contribution in [0.2, 0.25) is 0 Å². The number of fused-ring (bicyclic) bond motifs is 8. The van der Waals surface area contributed by atoms with Gasteiger partial charge >= 0.3 is 20.4 Å². The molecule has 0 amide bonds. The number of nitrogens with zero attached hydrogens (tertiary/aromatic N) is 3. The first-order valence-electron chi connectivity index (χ1n) is 11.1. The zero-order valence-electron chi connectivity index (χ0n) is 18.4. The molecule has 0 spiro atoms. The molecule has 5 heteroatoms. The fourth-order valence-electron chi connectivity index (χ4n) is 4.57. The average Bonchev–Trinajstić information content (AvgIpc) is 3.30. The summed E-state index contributed by atoms with van der Waals surface area (Å²) in [6.07, 6.45) is 1.78. The van der Waals surface area contributed by atoms with Gasteiger partial charge in [-0.1, -0.05) is 71.4 Å². The summed E-state index contributed by atoms with van der Waals surface area (Å²) in [5.41, 5.74) is 5.76. The van der Waals surface area contributed by atoms with Crippen LogP contribution >= 0.6 is 0 Å². The number of pyridine rings is 2. The number of imidazole rings is 1. The third-order valence-electron chi connectivity index (χ3n) is 6.07. The minimum atomic E-state index is 0. The van der Waals surface area contributed by atoms with E-state index in [1.54, 1.807) is 6.20 Å². The van der Waals surface area contributed by atoms with Gasteiger partial charge in [0.05, 0.1) is 16.7 Å². The number of para-hydroxylation sites is 3. The van der Waals surface area contributed by atoms with Crippen LogP contribution in [-0.4, -0.2) is 14.4 Å². The van der Waals surface area contributed by atoms with E-state index < -0.39 is 0 Å². The van der Waals surface area contributed by atoms with E-state index in [4.69, 9.17) is 9.72 Å². The van der Waals surface area contributed by atoms with Crippen molar-refractivity contribution in [1.29, 1.82) is 0 Å². The van der Waals surface area contributed by atoms with Gasteiger partial charge in [-0.3, -0.25) is 4.98 Å². The Labute approximate surface area is 215 Å². The van der Waals surface area contributed by atoms with Crippen LogP contribution in [0.3, 0.4) is 0 Å². The summed E-state index contributed by atoms with van der Waals surface area (Å²) in [6, 6.07) is 39.1. The average molecular weight is 542 g/mol. The van der Waals surface area contributed by atoms with Gasteiger partial charge in [0.1, 0.15) is 0 Å². The second-order valence-corrected chi connectivity index (χ2v) is 8.13. The molecule has 0 atom stereocenters. The maximum Gasteiger partial charge on any atom is 2.00 e. The number of aromatic nitrogens is 3. The van der Waals surface area contributed by atoms with E-state index in [9.17, 15) is 0 Å². The first-order valence-corrected chi connectivity index (χ1v) is 11.1. The van der Waals surface area contributed by atoms with Crippen LogP contribution < -0.4 is 4.74 Å². The molecule has 0 radical (unpaired) electrons. The smallest absolute Gasteiger partial charge is 0.497 e. The number of benzene rings is 4. The molecule has 7 aromatic rings. The van der Waals surface area contributed by atoms with E-state index in [0.29, 0.717) is 11.5 Å². The molecule has 3 aromatic heterocycles. The third kappa shape index (κ3) is 3.57. The molecule has 168 valence electrons. The second kappa shape index (κ2) is 8.63. The molecule has 0 saturated carbocycles. The van der Waals surface area contributed by atoms with Crippen molar-refractivity contribution < 1.29 is 25.2 Å². The Balaban J connectivity index is 0.00000229. The summed E-state index contributed by atoms with van der Waals surface area (Å²) in [5, 5.41) is 3.17. The monoisotopic (exact) mass is 541 g/mol. The van der Waals surface area contributed by atoms with Crippen LogP contribution in [0.15, 0.2) is 103 Å². The van der Waals surface area contributed by atoms with Gasteiger partial charge in [-0.25, -0.2) is 0 Å². The van der Waals surface area contributed by atoms with Crippen molar-refractivity contribution in [1.82, 2.24) is 14.4 Å². The van der Waals surface area contributed by atoms with E-state index in [-0.39, 0.29) is 20.4 Å². The zero-order valence-corrected chi connectivity index (χ0v) is 19.9. The summed E-state index contributed by atoms with van der Waals surface area (Å²) in [7, 11) is 0. The molecule has 3 heterocycles. The maximum absolute atomic E-state index is 6.21. The molecule has 0 fully saturated rings. The van der Waals surface area contributed by atoms with E-state index in [1.165, 1.54) is 0 Å². The Morgan fingerprint density at radius 2 is 1.46 bits per heavy atom. The van der Waals surface area contributed by atoms with Crippen LogP contribution in [-0.2, 0) is 20.4 Å². The molecule has 0 bridgehead atoms. The summed E-state index contributed by atoms with van der Waals surface area (Å²) < 4.78 is 8.42. The SMILES string of the molecule is [Pd+2].[c-]1c(Oc2[c-]c3c(cc2)c2ccccc2n2c4ccccc4nc32)cccc1-c1ccccn1. The van der Waals surface area contributed by atoms with Crippen molar-refractivity contribution in [3.8, 4) is 22.8 Å². The van der Waals surface area contributed by atoms with Crippen molar-refractivity contribution in [3.63, 3.8) is 0 Å². The Bertz CT molecular complexity index is 1840. The standard InChI is InChI=1S/C30H17N3O.Pd/c1-3-13-28-24(10-1)23-16-15-22(19-25(23)30-32-27-12-2-4-14-29(27)33(28)30)34-21-9-7-8-20(18-21)26-11-5-6-17-31-26;/h1-17H;/q-2;+2. The third-order valence-corrected chi connectivity index (χ3v) is 6.07. The molecule has 7 rings (SSSR count).